The maximum Gasteiger partial charge on any atom is 0.0384 e. The molecule has 19 heavy (non-hydrogen) atoms. The van der Waals surface area contributed by atoms with Gasteiger partial charge in [0.25, 0.3) is 0 Å². The second-order valence-electron chi connectivity index (χ2n) is 6.24. The van der Waals surface area contributed by atoms with E-state index in [2.05, 4.69) is 64.1 Å². The molecular formula is C18H22S. The summed E-state index contributed by atoms with van der Waals surface area (Å²) in [5.41, 5.74) is 4.47. The minimum Gasteiger partial charge on any atom is -0.117 e. The molecule has 0 nitrogen and oxygen atoms in total. The highest BCUT2D eigenvalue weighted by molar-refractivity contribution is 8.00. The minimum absolute atomic E-state index is 0.587. The maximum absolute atomic E-state index is 2.48. The molecule has 2 aliphatic rings. The molecule has 0 fully saturated rings. The minimum atomic E-state index is 0.587. The monoisotopic (exact) mass is 270 g/mol. The van der Waals surface area contributed by atoms with E-state index in [0.717, 1.165) is 0 Å². The Balaban J connectivity index is 1.94. The van der Waals surface area contributed by atoms with Crippen molar-refractivity contribution in [3.63, 3.8) is 0 Å². The summed E-state index contributed by atoms with van der Waals surface area (Å²) in [6.45, 7) is 9.09. The summed E-state index contributed by atoms with van der Waals surface area (Å²) in [6, 6.07) is 7.06. The van der Waals surface area contributed by atoms with Crippen molar-refractivity contribution in [2.45, 2.75) is 49.7 Å². The lowest BCUT2D eigenvalue weighted by Gasteiger charge is -2.20. The molecule has 0 spiro atoms. The summed E-state index contributed by atoms with van der Waals surface area (Å²) in [7, 11) is 0. The Morgan fingerprint density at radius 1 is 1.05 bits per heavy atom. The average Bonchev–Trinajstić information content (AvgIpc) is 2.74. The Labute approximate surface area is 121 Å². The third-order valence-electron chi connectivity index (χ3n) is 4.20. The van der Waals surface area contributed by atoms with Crippen molar-refractivity contribution < 1.29 is 0 Å². The van der Waals surface area contributed by atoms with Crippen LogP contribution >= 0.6 is 11.8 Å². The molecule has 0 aromatic heterocycles. The normalized spacial score (nSPS) is 24.6. The second-order valence-corrected chi connectivity index (χ2v) is 7.46. The first-order chi connectivity index (χ1) is 9.06. The van der Waals surface area contributed by atoms with Gasteiger partial charge in [-0.2, -0.15) is 0 Å². The largest absolute Gasteiger partial charge is 0.117 e. The predicted octanol–water partition coefficient (Wildman–Crippen LogP) is 5.52. The quantitative estimate of drug-likeness (QED) is 0.682. The van der Waals surface area contributed by atoms with Crippen LogP contribution in [0.5, 0.6) is 0 Å². The van der Waals surface area contributed by atoms with Crippen molar-refractivity contribution in [2.24, 2.45) is 5.92 Å². The van der Waals surface area contributed by atoms with Crippen LogP contribution in [0.2, 0.25) is 0 Å². The number of benzene rings is 1. The smallest absolute Gasteiger partial charge is 0.0384 e. The van der Waals surface area contributed by atoms with Crippen molar-refractivity contribution in [1.82, 2.24) is 0 Å². The average molecular weight is 270 g/mol. The molecule has 0 N–H and O–H groups in total. The molecule has 1 aromatic carbocycles. The van der Waals surface area contributed by atoms with E-state index in [1.165, 1.54) is 21.6 Å². The van der Waals surface area contributed by atoms with Gasteiger partial charge in [0, 0.05) is 16.1 Å². The molecular weight excluding hydrogens is 248 g/mol. The summed E-state index contributed by atoms with van der Waals surface area (Å²) >= 11 is 2.05. The van der Waals surface area contributed by atoms with E-state index in [0.29, 0.717) is 23.0 Å². The van der Waals surface area contributed by atoms with Crippen LogP contribution in [0.25, 0.3) is 0 Å². The summed E-state index contributed by atoms with van der Waals surface area (Å²) in [4.78, 5) is 1.49. The number of hydrogen-bond donors (Lipinski definition) is 0. The zero-order chi connectivity index (χ0) is 13.6. The fourth-order valence-electron chi connectivity index (χ4n) is 2.88. The number of allylic oxidation sites excluding steroid dienone is 3. The molecule has 2 unspecified atom stereocenters. The molecule has 0 radical (unpaired) electrons. The van der Waals surface area contributed by atoms with E-state index in [1.54, 1.807) is 0 Å². The highest BCUT2D eigenvalue weighted by Crippen LogP contribution is 2.49. The first-order valence-electron chi connectivity index (χ1n) is 7.26. The standard InChI is InChI=1S/C18H22S/c1-11(2)13-5-7-15-16-8-6-14(12(3)4)10-18(16)19-17(15)9-13/h5-12,15,17H,1-4H3. The van der Waals surface area contributed by atoms with Crippen LogP contribution in [0, 0.1) is 5.92 Å². The van der Waals surface area contributed by atoms with Crippen molar-refractivity contribution in [3.8, 4) is 0 Å². The molecule has 0 saturated heterocycles. The van der Waals surface area contributed by atoms with Gasteiger partial charge in [-0.15, -0.1) is 11.8 Å². The van der Waals surface area contributed by atoms with Gasteiger partial charge in [0.1, 0.15) is 0 Å². The van der Waals surface area contributed by atoms with Gasteiger partial charge in [-0.1, -0.05) is 58.1 Å². The van der Waals surface area contributed by atoms with Crippen LogP contribution in [-0.2, 0) is 0 Å². The molecule has 100 valence electrons. The lowest BCUT2D eigenvalue weighted by molar-refractivity contribution is 0.759. The van der Waals surface area contributed by atoms with Crippen LogP contribution in [0.1, 0.15) is 50.7 Å². The van der Waals surface area contributed by atoms with Crippen molar-refractivity contribution >= 4 is 11.8 Å². The van der Waals surface area contributed by atoms with Gasteiger partial charge >= 0.3 is 0 Å². The molecule has 1 aromatic rings. The zero-order valence-electron chi connectivity index (χ0n) is 12.2. The fraction of sp³-hybridized carbons (Fsp3) is 0.444. The van der Waals surface area contributed by atoms with E-state index in [9.17, 15) is 0 Å². The summed E-state index contributed by atoms with van der Waals surface area (Å²) < 4.78 is 0. The Morgan fingerprint density at radius 2 is 1.84 bits per heavy atom. The number of rotatable bonds is 2. The van der Waals surface area contributed by atoms with Crippen LogP contribution in [0.3, 0.4) is 0 Å². The van der Waals surface area contributed by atoms with E-state index >= 15 is 0 Å². The molecule has 1 heterocycles. The SMILES string of the molecule is CC(C)C1=CC2Sc3cc(C(C)C)ccc3C2C=C1. The van der Waals surface area contributed by atoms with E-state index in [4.69, 9.17) is 0 Å². The number of hydrogen-bond acceptors (Lipinski definition) is 1. The third-order valence-corrected chi connectivity index (χ3v) is 5.51. The van der Waals surface area contributed by atoms with Crippen LogP contribution in [0.15, 0.2) is 46.9 Å². The molecule has 1 aliphatic carbocycles. The van der Waals surface area contributed by atoms with Gasteiger partial charge in [-0.3, -0.25) is 0 Å². The van der Waals surface area contributed by atoms with Crippen molar-refractivity contribution in [3.05, 3.63) is 53.1 Å². The maximum atomic E-state index is 2.48. The Hall–Kier alpha value is -0.950. The van der Waals surface area contributed by atoms with Crippen LogP contribution in [-0.4, -0.2) is 5.25 Å². The van der Waals surface area contributed by atoms with Gasteiger partial charge < -0.3 is 0 Å². The fourth-order valence-corrected chi connectivity index (χ4v) is 4.33. The summed E-state index contributed by atoms with van der Waals surface area (Å²) in [6.07, 6.45) is 7.22. The molecule has 2 atom stereocenters. The zero-order valence-corrected chi connectivity index (χ0v) is 13.0. The van der Waals surface area contributed by atoms with Crippen molar-refractivity contribution in [2.75, 3.05) is 0 Å². The molecule has 0 saturated carbocycles. The second kappa shape index (κ2) is 4.86. The predicted molar refractivity (Wildman–Crippen MR) is 85.0 cm³/mol. The highest BCUT2D eigenvalue weighted by atomic mass is 32.2. The number of fused-ring (bicyclic) bond motifs is 3. The molecule has 1 heteroatoms. The van der Waals surface area contributed by atoms with Gasteiger partial charge in [-0.25, -0.2) is 0 Å². The van der Waals surface area contributed by atoms with Crippen LogP contribution in [0.4, 0.5) is 0 Å². The number of thioether (sulfide) groups is 1. The molecule has 3 rings (SSSR count). The van der Waals surface area contributed by atoms with E-state index in [1.807, 2.05) is 11.8 Å². The Morgan fingerprint density at radius 3 is 2.53 bits per heavy atom. The van der Waals surface area contributed by atoms with Crippen molar-refractivity contribution in [1.29, 1.82) is 0 Å². The first-order valence-corrected chi connectivity index (χ1v) is 8.14. The third kappa shape index (κ3) is 2.29. The van der Waals surface area contributed by atoms with E-state index in [-0.39, 0.29) is 0 Å². The van der Waals surface area contributed by atoms with Gasteiger partial charge in [0.05, 0.1) is 0 Å². The topological polar surface area (TPSA) is 0 Å². The van der Waals surface area contributed by atoms with Crippen LogP contribution < -0.4 is 0 Å². The molecule has 0 amide bonds. The Kier molecular flexibility index (Phi) is 3.34. The Bertz CT molecular complexity index is 549. The summed E-state index contributed by atoms with van der Waals surface area (Å²) in [5.74, 6) is 1.84. The molecule has 1 aliphatic heterocycles. The lowest BCUT2D eigenvalue weighted by Crippen LogP contribution is -2.11. The lowest BCUT2D eigenvalue weighted by atomic mass is 9.86. The van der Waals surface area contributed by atoms with E-state index < -0.39 is 0 Å². The molecule has 0 bridgehead atoms. The summed E-state index contributed by atoms with van der Waals surface area (Å²) in [5, 5.41) is 0.611. The highest BCUT2D eigenvalue weighted by Gasteiger charge is 2.32. The van der Waals surface area contributed by atoms with Gasteiger partial charge in [0.2, 0.25) is 0 Å². The first kappa shape index (κ1) is 13.1. The van der Waals surface area contributed by atoms with Gasteiger partial charge in [-0.05, 0) is 34.6 Å². The van der Waals surface area contributed by atoms with Gasteiger partial charge in [0.15, 0.2) is 0 Å².